The van der Waals surface area contributed by atoms with Crippen molar-refractivity contribution in [3.05, 3.63) is 35.4 Å². The fraction of sp³-hybridized carbons (Fsp3) is 0.625. The monoisotopic (exact) mass is 431 g/mol. The molecule has 1 aromatic carbocycles. The van der Waals surface area contributed by atoms with E-state index in [0.717, 1.165) is 36.8 Å². The number of carbonyl (C=O) groups is 3. The highest BCUT2D eigenvalue weighted by Crippen LogP contribution is 2.25. The smallest absolute Gasteiger partial charge is 0.408 e. The van der Waals surface area contributed by atoms with E-state index in [-0.39, 0.29) is 17.9 Å². The van der Waals surface area contributed by atoms with Gasteiger partial charge in [0.1, 0.15) is 17.7 Å². The normalized spacial score (nSPS) is 16.7. The number of amides is 3. The van der Waals surface area contributed by atoms with E-state index in [0.29, 0.717) is 0 Å². The molecule has 0 saturated heterocycles. The summed E-state index contributed by atoms with van der Waals surface area (Å²) in [5.41, 5.74) is 1.04. The maximum Gasteiger partial charge on any atom is 0.408 e. The predicted octanol–water partition coefficient (Wildman–Crippen LogP) is 3.86. The third-order valence-corrected chi connectivity index (χ3v) is 5.52. The molecule has 3 amide bonds. The molecule has 1 aliphatic carbocycles. The van der Waals surface area contributed by atoms with Crippen molar-refractivity contribution < 1.29 is 19.1 Å². The van der Waals surface area contributed by atoms with Crippen molar-refractivity contribution in [2.24, 2.45) is 0 Å². The molecule has 1 aromatic rings. The number of nitrogens with zero attached hydrogens (tertiary/aromatic N) is 1. The summed E-state index contributed by atoms with van der Waals surface area (Å²) in [6, 6.07) is 6.08. The average Bonchev–Trinajstić information content (AvgIpc) is 2.68. The van der Waals surface area contributed by atoms with Crippen LogP contribution >= 0.6 is 0 Å². The van der Waals surface area contributed by atoms with Gasteiger partial charge in [0.05, 0.1) is 0 Å². The van der Waals surface area contributed by atoms with Crippen LogP contribution in [0.4, 0.5) is 4.79 Å². The summed E-state index contributed by atoms with van der Waals surface area (Å²) in [5, 5.41) is 5.72. The van der Waals surface area contributed by atoms with Gasteiger partial charge in [-0.05, 0) is 58.6 Å². The van der Waals surface area contributed by atoms with Crippen molar-refractivity contribution in [1.82, 2.24) is 15.5 Å². The topological polar surface area (TPSA) is 87.7 Å². The Kier molecular flexibility index (Phi) is 8.48. The molecule has 0 heterocycles. The summed E-state index contributed by atoms with van der Waals surface area (Å²) < 4.78 is 5.25. The number of hydrogen-bond donors (Lipinski definition) is 2. The van der Waals surface area contributed by atoms with Crippen LogP contribution in [0.2, 0.25) is 0 Å². The maximum atomic E-state index is 13.3. The van der Waals surface area contributed by atoms with E-state index in [2.05, 4.69) is 10.6 Å². The highest BCUT2D eigenvalue weighted by atomic mass is 16.6. The Bertz CT molecular complexity index is 781. The molecule has 0 spiro atoms. The number of nitrogens with one attached hydrogen (secondary N) is 2. The predicted molar refractivity (Wildman–Crippen MR) is 121 cm³/mol. The fourth-order valence-electron chi connectivity index (χ4n) is 3.93. The lowest BCUT2D eigenvalue weighted by Crippen LogP contribution is -2.51. The maximum absolute atomic E-state index is 13.3. The first-order chi connectivity index (χ1) is 14.5. The molecule has 2 N–H and O–H groups in total. The zero-order chi connectivity index (χ0) is 23.2. The molecule has 31 heavy (non-hydrogen) atoms. The van der Waals surface area contributed by atoms with Gasteiger partial charge in [-0.15, -0.1) is 0 Å². The molecule has 0 radical (unpaired) electrons. The van der Waals surface area contributed by atoms with Gasteiger partial charge in [0.15, 0.2) is 0 Å². The molecule has 0 aromatic heterocycles. The van der Waals surface area contributed by atoms with Crippen LogP contribution in [0.5, 0.6) is 0 Å². The number of likely N-dealkylation sites (N-methyl/N-ethyl adjacent to an activating group) is 1. The summed E-state index contributed by atoms with van der Waals surface area (Å²) in [5.74, 6) is -0.556. The van der Waals surface area contributed by atoms with Gasteiger partial charge in [0.25, 0.3) is 0 Å². The standard InChI is InChI=1S/C24H37N3O4/c1-16-12-10-11-15-19(16)20(21(28)26-18-13-8-7-9-14-18)27(6)22(29)17(2)25-23(30)31-24(3,4)5/h10-12,15,17-18,20H,7-9,13-14H2,1-6H3,(H,25,30)(H,26,28). The number of ether oxygens (including phenoxy) is 1. The minimum Gasteiger partial charge on any atom is -0.444 e. The Hall–Kier alpha value is -2.57. The van der Waals surface area contributed by atoms with Gasteiger partial charge < -0.3 is 20.3 Å². The minimum atomic E-state index is -0.839. The van der Waals surface area contributed by atoms with Crippen LogP contribution in [0, 0.1) is 6.92 Å². The van der Waals surface area contributed by atoms with Gasteiger partial charge in [0, 0.05) is 13.1 Å². The first-order valence-corrected chi connectivity index (χ1v) is 11.1. The minimum absolute atomic E-state index is 0.133. The molecule has 2 rings (SSSR count). The quantitative estimate of drug-likeness (QED) is 0.716. The number of rotatable bonds is 6. The number of benzene rings is 1. The first kappa shape index (κ1) is 24.7. The van der Waals surface area contributed by atoms with Crippen LogP contribution in [0.1, 0.15) is 77.0 Å². The summed E-state index contributed by atoms with van der Waals surface area (Å²) >= 11 is 0. The second-order valence-electron chi connectivity index (χ2n) is 9.42. The summed E-state index contributed by atoms with van der Waals surface area (Å²) in [4.78, 5) is 40.0. The van der Waals surface area contributed by atoms with Crippen molar-refractivity contribution in [3.63, 3.8) is 0 Å². The summed E-state index contributed by atoms with van der Waals surface area (Å²) in [6.07, 6.45) is 4.65. The van der Waals surface area contributed by atoms with Crippen molar-refractivity contribution >= 4 is 17.9 Å². The number of alkyl carbamates (subject to hydrolysis) is 1. The molecule has 172 valence electrons. The molecule has 1 saturated carbocycles. The Morgan fingerprint density at radius 3 is 2.29 bits per heavy atom. The molecule has 1 aliphatic rings. The van der Waals surface area contributed by atoms with Crippen LogP contribution in [0.3, 0.4) is 0 Å². The van der Waals surface area contributed by atoms with Crippen molar-refractivity contribution in [2.45, 2.75) is 90.4 Å². The molecule has 1 fully saturated rings. The second-order valence-corrected chi connectivity index (χ2v) is 9.42. The Morgan fingerprint density at radius 1 is 1.10 bits per heavy atom. The van der Waals surface area contributed by atoms with E-state index in [1.165, 1.54) is 11.3 Å². The molecule has 2 unspecified atom stereocenters. The zero-order valence-electron chi connectivity index (χ0n) is 19.7. The molecular formula is C24H37N3O4. The Balaban J connectivity index is 2.19. The van der Waals surface area contributed by atoms with Crippen molar-refractivity contribution in [3.8, 4) is 0 Å². The number of carbonyl (C=O) groups excluding carboxylic acids is 3. The zero-order valence-corrected chi connectivity index (χ0v) is 19.7. The molecule has 7 heteroatoms. The van der Waals surface area contributed by atoms with Crippen LogP contribution in [0.15, 0.2) is 24.3 Å². The van der Waals surface area contributed by atoms with E-state index in [9.17, 15) is 14.4 Å². The number of hydrogen-bond acceptors (Lipinski definition) is 4. The van der Waals surface area contributed by atoms with Gasteiger partial charge in [0.2, 0.25) is 11.8 Å². The van der Waals surface area contributed by atoms with Crippen LogP contribution < -0.4 is 10.6 Å². The van der Waals surface area contributed by atoms with Gasteiger partial charge in [-0.2, -0.15) is 0 Å². The lowest BCUT2D eigenvalue weighted by molar-refractivity contribution is -0.140. The van der Waals surface area contributed by atoms with Gasteiger partial charge >= 0.3 is 6.09 Å². The molecular weight excluding hydrogens is 394 g/mol. The van der Waals surface area contributed by atoms with Crippen LogP contribution in [-0.2, 0) is 14.3 Å². The van der Waals surface area contributed by atoms with Crippen LogP contribution in [0.25, 0.3) is 0 Å². The van der Waals surface area contributed by atoms with E-state index in [1.54, 1.807) is 34.7 Å². The Morgan fingerprint density at radius 2 is 1.71 bits per heavy atom. The average molecular weight is 432 g/mol. The molecule has 0 aliphatic heterocycles. The molecule has 0 bridgehead atoms. The lowest BCUT2D eigenvalue weighted by Gasteiger charge is -2.33. The highest BCUT2D eigenvalue weighted by molar-refractivity contribution is 5.92. The van der Waals surface area contributed by atoms with Crippen molar-refractivity contribution in [2.75, 3.05) is 7.05 Å². The van der Waals surface area contributed by atoms with Crippen LogP contribution in [-0.4, -0.2) is 47.5 Å². The first-order valence-electron chi connectivity index (χ1n) is 11.1. The SMILES string of the molecule is Cc1ccccc1C(C(=O)NC1CCCCC1)N(C)C(=O)C(C)NC(=O)OC(C)(C)C. The van der Waals surface area contributed by atoms with Gasteiger partial charge in [-0.3, -0.25) is 9.59 Å². The van der Waals surface area contributed by atoms with E-state index < -0.39 is 23.8 Å². The molecule has 7 nitrogen and oxygen atoms in total. The highest BCUT2D eigenvalue weighted by Gasteiger charge is 2.34. The second kappa shape index (κ2) is 10.6. The third-order valence-electron chi connectivity index (χ3n) is 5.52. The van der Waals surface area contributed by atoms with E-state index in [1.807, 2.05) is 31.2 Å². The Labute approximate surface area is 185 Å². The summed E-state index contributed by atoms with van der Waals surface area (Å²) in [6.45, 7) is 8.80. The number of aryl methyl sites for hydroxylation is 1. The van der Waals surface area contributed by atoms with E-state index >= 15 is 0 Å². The summed E-state index contributed by atoms with van der Waals surface area (Å²) in [7, 11) is 1.60. The lowest BCUT2D eigenvalue weighted by atomic mass is 9.94. The van der Waals surface area contributed by atoms with Gasteiger partial charge in [-0.25, -0.2) is 4.79 Å². The van der Waals surface area contributed by atoms with E-state index in [4.69, 9.17) is 4.74 Å². The largest absolute Gasteiger partial charge is 0.444 e. The third kappa shape index (κ3) is 7.26. The van der Waals surface area contributed by atoms with Crippen molar-refractivity contribution in [1.29, 1.82) is 0 Å². The molecule has 2 atom stereocenters. The fourth-order valence-corrected chi connectivity index (χ4v) is 3.93. The van der Waals surface area contributed by atoms with Gasteiger partial charge in [-0.1, -0.05) is 43.5 Å².